The summed E-state index contributed by atoms with van der Waals surface area (Å²) >= 11 is 0. The van der Waals surface area contributed by atoms with Crippen LogP contribution in [-0.4, -0.2) is 25.8 Å². The Morgan fingerprint density at radius 1 is 1.24 bits per heavy atom. The minimum Gasteiger partial charge on any atom is -0.492 e. The average molecular weight is 235 g/mol. The number of rotatable bonds is 8. The third-order valence-electron chi connectivity index (χ3n) is 2.03. The highest BCUT2D eigenvalue weighted by Gasteiger charge is 1.98. The maximum absolute atomic E-state index is 5.56. The first kappa shape index (κ1) is 13.6. The molecule has 0 saturated heterocycles. The van der Waals surface area contributed by atoms with Crippen molar-refractivity contribution >= 4 is 0 Å². The third-order valence-corrected chi connectivity index (χ3v) is 2.03. The number of benzene rings is 1. The molecule has 0 saturated carbocycles. The van der Waals surface area contributed by atoms with E-state index in [-0.39, 0.29) is 6.10 Å². The van der Waals surface area contributed by atoms with Gasteiger partial charge in [-0.25, -0.2) is 0 Å². The van der Waals surface area contributed by atoms with Crippen LogP contribution < -0.4 is 14.8 Å². The number of hydrogen-bond donors (Lipinski definition) is 1. The van der Waals surface area contributed by atoms with E-state index in [1.54, 1.807) is 0 Å². The molecular weight excluding hydrogens is 214 g/mol. The lowest BCUT2D eigenvalue weighted by Crippen LogP contribution is -2.20. The van der Waals surface area contributed by atoms with Crippen molar-refractivity contribution in [3.63, 3.8) is 0 Å². The van der Waals surface area contributed by atoms with Crippen molar-refractivity contribution in [2.75, 3.05) is 19.7 Å². The van der Waals surface area contributed by atoms with Gasteiger partial charge in [-0.3, -0.25) is 0 Å². The zero-order chi connectivity index (χ0) is 12.5. The highest BCUT2D eigenvalue weighted by molar-refractivity contribution is 5.31. The summed E-state index contributed by atoms with van der Waals surface area (Å²) < 4.78 is 11.1. The van der Waals surface area contributed by atoms with E-state index in [0.29, 0.717) is 6.61 Å². The van der Waals surface area contributed by atoms with Crippen LogP contribution in [0.5, 0.6) is 11.5 Å². The molecule has 17 heavy (non-hydrogen) atoms. The molecule has 0 aliphatic heterocycles. The molecule has 0 aliphatic rings. The molecule has 0 unspecified atom stereocenters. The summed E-state index contributed by atoms with van der Waals surface area (Å²) in [4.78, 5) is 0. The molecule has 0 atom stereocenters. The van der Waals surface area contributed by atoms with Gasteiger partial charge in [0.2, 0.25) is 0 Å². The van der Waals surface area contributed by atoms with Crippen molar-refractivity contribution in [2.45, 2.75) is 20.0 Å². The first-order valence-corrected chi connectivity index (χ1v) is 5.93. The first-order chi connectivity index (χ1) is 8.22. The van der Waals surface area contributed by atoms with Crippen LogP contribution in [0.2, 0.25) is 0 Å². The van der Waals surface area contributed by atoms with Gasteiger partial charge in [0.1, 0.15) is 18.1 Å². The first-order valence-electron chi connectivity index (χ1n) is 5.93. The second-order valence-corrected chi connectivity index (χ2v) is 3.98. The molecule has 0 bridgehead atoms. The SMILES string of the molecule is C=CCNCCOc1ccc(OC(C)C)cc1. The number of ether oxygens (including phenoxy) is 2. The topological polar surface area (TPSA) is 30.5 Å². The molecule has 3 nitrogen and oxygen atoms in total. The van der Waals surface area contributed by atoms with E-state index < -0.39 is 0 Å². The van der Waals surface area contributed by atoms with Crippen molar-refractivity contribution in [1.29, 1.82) is 0 Å². The van der Waals surface area contributed by atoms with Gasteiger partial charge in [0.05, 0.1) is 6.10 Å². The van der Waals surface area contributed by atoms with Crippen LogP contribution in [0.15, 0.2) is 36.9 Å². The van der Waals surface area contributed by atoms with E-state index in [9.17, 15) is 0 Å². The van der Waals surface area contributed by atoms with Crippen LogP contribution in [0.3, 0.4) is 0 Å². The van der Waals surface area contributed by atoms with E-state index in [2.05, 4.69) is 11.9 Å². The Hall–Kier alpha value is -1.48. The maximum Gasteiger partial charge on any atom is 0.119 e. The van der Waals surface area contributed by atoms with Crippen LogP contribution in [0, 0.1) is 0 Å². The lowest BCUT2D eigenvalue weighted by molar-refractivity contribution is 0.241. The second kappa shape index (κ2) is 7.74. The van der Waals surface area contributed by atoms with Crippen molar-refractivity contribution in [3.05, 3.63) is 36.9 Å². The summed E-state index contributed by atoms with van der Waals surface area (Å²) in [5.74, 6) is 1.73. The highest BCUT2D eigenvalue weighted by atomic mass is 16.5. The summed E-state index contributed by atoms with van der Waals surface area (Å²) in [6.45, 7) is 9.93. The number of nitrogens with one attached hydrogen (secondary N) is 1. The lowest BCUT2D eigenvalue weighted by Gasteiger charge is -2.10. The second-order valence-electron chi connectivity index (χ2n) is 3.98. The molecule has 0 aromatic heterocycles. The Labute approximate surface area is 103 Å². The van der Waals surface area contributed by atoms with Crippen molar-refractivity contribution in [1.82, 2.24) is 5.32 Å². The summed E-state index contributed by atoms with van der Waals surface area (Å²) in [6, 6.07) is 7.69. The Balaban J connectivity index is 2.27. The molecule has 94 valence electrons. The Kier molecular flexibility index (Phi) is 6.18. The van der Waals surface area contributed by atoms with Crippen LogP contribution in [-0.2, 0) is 0 Å². The predicted molar refractivity (Wildman–Crippen MR) is 70.8 cm³/mol. The fraction of sp³-hybridized carbons (Fsp3) is 0.429. The summed E-state index contributed by atoms with van der Waals surface area (Å²) in [5, 5.41) is 3.18. The van der Waals surface area contributed by atoms with Crippen LogP contribution in [0.25, 0.3) is 0 Å². The molecule has 0 radical (unpaired) electrons. The smallest absolute Gasteiger partial charge is 0.119 e. The molecule has 0 spiro atoms. The van der Waals surface area contributed by atoms with Crippen LogP contribution >= 0.6 is 0 Å². The van der Waals surface area contributed by atoms with Gasteiger partial charge >= 0.3 is 0 Å². The number of hydrogen-bond acceptors (Lipinski definition) is 3. The standard InChI is InChI=1S/C14H21NO2/c1-4-9-15-10-11-16-13-5-7-14(8-6-13)17-12(2)3/h4-8,12,15H,1,9-11H2,2-3H3. The molecule has 1 aromatic carbocycles. The lowest BCUT2D eigenvalue weighted by atomic mass is 10.3. The summed E-state index contributed by atoms with van der Waals surface area (Å²) in [5.41, 5.74) is 0. The Morgan fingerprint density at radius 2 is 1.88 bits per heavy atom. The molecule has 0 aliphatic carbocycles. The largest absolute Gasteiger partial charge is 0.492 e. The van der Waals surface area contributed by atoms with E-state index in [0.717, 1.165) is 24.6 Å². The van der Waals surface area contributed by atoms with Crippen molar-refractivity contribution < 1.29 is 9.47 Å². The van der Waals surface area contributed by atoms with E-state index in [1.165, 1.54) is 0 Å². The van der Waals surface area contributed by atoms with E-state index in [1.807, 2.05) is 44.2 Å². The average Bonchev–Trinajstić information content (AvgIpc) is 2.30. The zero-order valence-electron chi connectivity index (χ0n) is 10.6. The third kappa shape index (κ3) is 5.97. The molecule has 0 amide bonds. The van der Waals surface area contributed by atoms with Crippen molar-refractivity contribution in [2.24, 2.45) is 0 Å². The summed E-state index contributed by atoms with van der Waals surface area (Å²) in [6.07, 6.45) is 2.03. The Morgan fingerprint density at radius 3 is 2.47 bits per heavy atom. The molecule has 1 N–H and O–H groups in total. The van der Waals surface area contributed by atoms with Gasteiger partial charge in [-0.15, -0.1) is 6.58 Å². The molecule has 0 heterocycles. The van der Waals surface area contributed by atoms with Crippen LogP contribution in [0.4, 0.5) is 0 Å². The van der Waals surface area contributed by atoms with Gasteiger partial charge in [0.15, 0.2) is 0 Å². The minimum absolute atomic E-state index is 0.199. The molecule has 0 fully saturated rings. The fourth-order valence-corrected chi connectivity index (χ4v) is 1.33. The molecule has 3 heteroatoms. The maximum atomic E-state index is 5.56. The van der Waals surface area contributed by atoms with Gasteiger partial charge in [-0.05, 0) is 38.1 Å². The zero-order valence-corrected chi connectivity index (χ0v) is 10.6. The van der Waals surface area contributed by atoms with E-state index in [4.69, 9.17) is 9.47 Å². The van der Waals surface area contributed by atoms with Crippen LogP contribution in [0.1, 0.15) is 13.8 Å². The van der Waals surface area contributed by atoms with Gasteiger partial charge in [0, 0.05) is 13.1 Å². The predicted octanol–water partition coefficient (Wildman–Crippen LogP) is 2.63. The van der Waals surface area contributed by atoms with E-state index >= 15 is 0 Å². The Bertz CT molecular complexity index is 319. The van der Waals surface area contributed by atoms with Crippen molar-refractivity contribution in [3.8, 4) is 11.5 Å². The van der Waals surface area contributed by atoms with Gasteiger partial charge in [-0.2, -0.15) is 0 Å². The van der Waals surface area contributed by atoms with Gasteiger partial charge in [-0.1, -0.05) is 6.08 Å². The quantitative estimate of drug-likeness (QED) is 0.555. The fourth-order valence-electron chi connectivity index (χ4n) is 1.33. The molecule has 1 rings (SSSR count). The summed E-state index contributed by atoms with van der Waals surface area (Å²) in [7, 11) is 0. The normalized spacial score (nSPS) is 10.3. The minimum atomic E-state index is 0.199. The monoisotopic (exact) mass is 235 g/mol. The van der Waals surface area contributed by atoms with Gasteiger partial charge < -0.3 is 14.8 Å². The molecule has 1 aromatic rings. The molecular formula is C14H21NO2. The highest BCUT2D eigenvalue weighted by Crippen LogP contribution is 2.18. The van der Waals surface area contributed by atoms with Gasteiger partial charge in [0.25, 0.3) is 0 Å².